The van der Waals surface area contributed by atoms with E-state index in [0.717, 1.165) is 32.8 Å². The molecular weight excluding hydrogens is 510 g/mol. The Morgan fingerprint density at radius 1 is 0.919 bits per heavy atom. The van der Waals surface area contributed by atoms with Gasteiger partial charge in [-0.15, -0.1) is 0 Å². The molecule has 186 valence electrons. The van der Waals surface area contributed by atoms with Gasteiger partial charge in [0.2, 0.25) is 0 Å². The van der Waals surface area contributed by atoms with Crippen molar-refractivity contribution in [2.24, 2.45) is 5.10 Å². The fourth-order valence-electron chi connectivity index (χ4n) is 3.72. The summed E-state index contributed by atoms with van der Waals surface area (Å²) in [5.41, 5.74) is 6.14. The van der Waals surface area contributed by atoms with E-state index >= 15 is 0 Å². The van der Waals surface area contributed by atoms with Gasteiger partial charge >= 0.3 is 0 Å². The zero-order chi connectivity index (χ0) is 26.0. The molecule has 0 saturated heterocycles. The predicted molar refractivity (Wildman–Crippen MR) is 146 cm³/mol. The first-order valence-corrected chi connectivity index (χ1v) is 13.4. The molecule has 0 radical (unpaired) electrons. The Bertz CT molecular complexity index is 1640. The van der Waals surface area contributed by atoms with Crippen molar-refractivity contribution >= 4 is 55.9 Å². The fourth-order valence-corrected chi connectivity index (χ4v) is 5.76. The summed E-state index contributed by atoms with van der Waals surface area (Å²) in [6, 6.07) is 25.9. The van der Waals surface area contributed by atoms with Crippen LogP contribution in [0.2, 0.25) is 0 Å². The topological polar surface area (TPSA) is 126 Å². The molecule has 37 heavy (non-hydrogen) atoms. The van der Waals surface area contributed by atoms with Crippen molar-refractivity contribution in [3.8, 4) is 0 Å². The van der Waals surface area contributed by atoms with Gasteiger partial charge in [0.25, 0.3) is 15.7 Å². The highest BCUT2D eigenvalue weighted by molar-refractivity contribution is 7.99. The minimum atomic E-state index is -4.02. The summed E-state index contributed by atoms with van der Waals surface area (Å²) in [6.07, 6.45) is 0. The smallest absolute Gasteiger partial charge is 0.295 e. The van der Waals surface area contributed by atoms with Gasteiger partial charge < -0.3 is 5.32 Å². The molecule has 0 saturated carbocycles. The van der Waals surface area contributed by atoms with Crippen molar-refractivity contribution < 1.29 is 13.3 Å². The van der Waals surface area contributed by atoms with Crippen LogP contribution in [0.3, 0.4) is 0 Å². The number of sulfonamides is 1. The lowest BCUT2D eigenvalue weighted by atomic mass is 10.1. The summed E-state index contributed by atoms with van der Waals surface area (Å²) in [4.78, 5) is 13.1. The van der Waals surface area contributed by atoms with Crippen LogP contribution in [0.1, 0.15) is 12.5 Å². The number of nitrogens with one attached hydrogen (secondary N) is 3. The second kappa shape index (κ2) is 9.96. The molecule has 4 aromatic rings. The second-order valence-corrected chi connectivity index (χ2v) is 10.9. The van der Waals surface area contributed by atoms with Crippen molar-refractivity contribution in [3.63, 3.8) is 0 Å². The molecule has 9 nitrogen and oxygen atoms in total. The highest BCUT2D eigenvalue weighted by atomic mass is 32.2. The molecule has 1 heterocycles. The van der Waals surface area contributed by atoms with Crippen molar-refractivity contribution in [2.45, 2.75) is 21.6 Å². The molecule has 0 amide bonds. The number of nitro benzene ring substituents is 1. The number of hydrogen-bond donors (Lipinski definition) is 3. The van der Waals surface area contributed by atoms with Crippen LogP contribution in [0.4, 0.5) is 28.4 Å². The molecule has 0 aliphatic carbocycles. The number of anilines is 4. The highest BCUT2D eigenvalue weighted by Crippen LogP contribution is 2.44. The number of hydrazone groups is 1. The quantitative estimate of drug-likeness (QED) is 0.125. The van der Waals surface area contributed by atoms with E-state index in [4.69, 9.17) is 0 Å². The van der Waals surface area contributed by atoms with E-state index in [9.17, 15) is 18.5 Å². The van der Waals surface area contributed by atoms with Gasteiger partial charge in [0.15, 0.2) is 0 Å². The third-order valence-electron chi connectivity index (χ3n) is 5.62. The molecule has 0 unspecified atom stereocenters. The van der Waals surface area contributed by atoms with E-state index in [1.807, 2.05) is 36.4 Å². The first-order chi connectivity index (χ1) is 17.8. The van der Waals surface area contributed by atoms with Gasteiger partial charge in [0.1, 0.15) is 5.69 Å². The molecule has 1 aliphatic rings. The largest absolute Gasteiger partial charge is 0.354 e. The van der Waals surface area contributed by atoms with Crippen molar-refractivity contribution in [1.82, 2.24) is 0 Å². The first kappa shape index (κ1) is 24.3. The molecule has 5 rings (SSSR count). The average Bonchev–Trinajstić information content (AvgIpc) is 2.90. The number of nitrogens with zero attached hydrogens (tertiary/aromatic N) is 2. The maximum atomic E-state index is 12.7. The van der Waals surface area contributed by atoms with Crippen molar-refractivity contribution in [1.29, 1.82) is 0 Å². The Hall–Kier alpha value is -4.35. The minimum absolute atomic E-state index is 0.0728. The molecule has 4 aromatic carbocycles. The van der Waals surface area contributed by atoms with Crippen LogP contribution in [0.15, 0.2) is 111 Å². The Morgan fingerprint density at radius 3 is 2.43 bits per heavy atom. The third kappa shape index (κ3) is 5.27. The molecule has 1 aliphatic heterocycles. The van der Waals surface area contributed by atoms with E-state index < -0.39 is 20.6 Å². The first-order valence-electron chi connectivity index (χ1n) is 11.1. The van der Waals surface area contributed by atoms with Crippen molar-refractivity contribution in [2.75, 3.05) is 15.5 Å². The van der Waals surface area contributed by atoms with Gasteiger partial charge in [-0.2, -0.15) is 5.10 Å². The van der Waals surface area contributed by atoms with Gasteiger partial charge in [0.05, 0.1) is 26.9 Å². The molecule has 3 N–H and O–H groups in total. The minimum Gasteiger partial charge on any atom is -0.354 e. The second-order valence-electron chi connectivity index (χ2n) is 8.15. The Morgan fingerprint density at radius 2 is 1.65 bits per heavy atom. The number of nitro groups is 1. The normalized spacial score (nSPS) is 12.6. The third-order valence-corrected chi connectivity index (χ3v) is 8.15. The summed E-state index contributed by atoms with van der Waals surface area (Å²) in [7, 11) is -4.02. The number of para-hydroxylation sites is 2. The number of fused-ring (bicyclic) bond motifs is 2. The van der Waals surface area contributed by atoms with E-state index in [1.165, 1.54) is 12.1 Å². The summed E-state index contributed by atoms with van der Waals surface area (Å²) in [5.74, 6) is 0. The van der Waals surface area contributed by atoms with E-state index in [-0.39, 0.29) is 10.6 Å². The molecule has 11 heteroatoms. The predicted octanol–water partition coefficient (Wildman–Crippen LogP) is 6.44. The van der Waals surface area contributed by atoms with Crippen LogP contribution in [-0.4, -0.2) is 19.1 Å². The lowest BCUT2D eigenvalue weighted by Crippen LogP contribution is -2.13. The lowest BCUT2D eigenvalue weighted by Gasteiger charge is -2.21. The molecule has 0 atom stereocenters. The molecule has 0 bridgehead atoms. The van der Waals surface area contributed by atoms with Crippen LogP contribution in [0, 0.1) is 10.1 Å². The zero-order valence-electron chi connectivity index (χ0n) is 19.5. The monoisotopic (exact) mass is 531 g/mol. The summed E-state index contributed by atoms with van der Waals surface area (Å²) in [5, 5.41) is 19.5. The zero-order valence-corrected chi connectivity index (χ0v) is 21.1. The van der Waals surface area contributed by atoms with Crippen molar-refractivity contribution in [3.05, 3.63) is 107 Å². The van der Waals surface area contributed by atoms with E-state index in [2.05, 4.69) is 26.6 Å². The molecule has 0 spiro atoms. The molecular formula is C26H21N5O4S2. The Balaban J connectivity index is 1.37. The Labute approximate surface area is 217 Å². The van der Waals surface area contributed by atoms with Gasteiger partial charge in [-0.1, -0.05) is 48.2 Å². The average molecular weight is 532 g/mol. The van der Waals surface area contributed by atoms with E-state index in [0.29, 0.717) is 11.4 Å². The van der Waals surface area contributed by atoms with Crippen LogP contribution in [0.25, 0.3) is 0 Å². The summed E-state index contributed by atoms with van der Waals surface area (Å²) in [6.45, 7) is 1.78. The molecule has 0 fully saturated rings. The van der Waals surface area contributed by atoms with Crippen LogP contribution in [0.5, 0.6) is 0 Å². The van der Waals surface area contributed by atoms with Crippen LogP contribution < -0.4 is 15.5 Å². The fraction of sp³-hybridized carbons (Fsp3) is 0.0385. The highest BCUT2D eigenvalue weighted by Gasteiger charge is 2.22. The van der Waals surface area contributed by atoms with Crippen LogP contribution >= 0.6 is 11.8 Å². The Kier molecular flexibility index (Phi) is 6.55. The van der Waals surface area contributed by atoms with Gasteiger partial charge in [-0.25, -0.2) is 8.42 Å². The maximum Gasteiger partial charge on any atom is 0.295 e. The SMILES string of the molecule is C/C(=N/Nc1ccc(S(=O)(=O)Nc2ccccc2)cc1[N+](=O)[O-])c1ccc2c(c1)Nc1ccccc1S2. The number of benzene rings is 4. The van der Waals surface area contributed by atoms with Gasteiger partial charge in [-0.05, 0) is 61.0 Å². The standard InChI is InChI=1S/C26H21N5O4S2/c1-17(18-11-14-26-23(15-18)27-22-9-5-6-10-25(22)36-26)28-29-21-13-12-20(16-24(21)31(32)33)37(34,35)30-19-7-3-2-4-8-19/h2-16,27,29-30H,1H3/b28-17-. The van der Waals surface area contributed by atoms with E-state index in [1.54, 1.807) is 49.0 Å². The maximum absolute atomic E-state index is 12.7. The molecule has 0 aromatic heterocycles. The van der Waals surface area contributed by atoms with Gasteiger partial charge in [-0.3, -0.25) is 20.3 Å². The number of rotatable bonds is 7. The summed E-state index contributed by atoms with van der Waals surface area (Å²) >= 11 is 1.67. The van der Waals surface area contributed by atoms with Crippen LogP contribution in [-0.2, 0) is 10.0 Å². The lowest BCUT2D eigenvalue weighted by molar-refractivity contribution is -0.384. The van der Waals surface area contributed by atoms with Gasteiger partial charge in [0, 0.05) is 21.5 Å². The summed E-state index contributed by atoms with van der Waals surface area (Å²) < 4.78 is 27.9. The number of hydrogen-bond acceptors (Lipinski definition) is 8.